The maximum Gasteiger partial charge on any atom is 0.323 e. The zero-order valence-corrected chi connectivity index (χ0v) is 12.8. The lowest BCUT2D eigenvalue weighted by atomic mass is 9.76. The van der Waals surface area contributed by atoms with E-state index < -0.39 is 0 Å². The maximum absolute atomic E-state index is 5.70. The van der Waals surface area contributed by atoms with Crippen molar-refractivity contribution in [2.24, 2.45) is 5.41 Å². The number of ether oxygens (including phenoxy) is 1. The summed E-state index contributed by atoms with van der Waals surface area (Å²) in [5.74, 6) is 0.701. The summed E-state index contributed by atoms with van der Waals surface area (Å²) in [6.45, 7) is 8.49. The molecule has 0 atom stereocenters. The molecule has 1 aliphatic rings. The van der Waals surface area contributed by atoms with Gasteiger partial charge in [-0.25, -0.2) is 0 Å². The number of anilines is 2. The van der Waals surface area contributed by atoms with Crippen LogP contribution in [-0.2, 0) is 0 Å². The Labute approximate surface area is 120 Å². The molecule has 0 radical (unpaired) electrons. The third-order valence-corrected chi connectivity index (χ3v) is 3.65. The zero-order valence-electron chi connectivity index (χ0n) is 12.8. The van der Waals surface area contributed by atoms with Crippen molar-refractivity contribution < 1.29 is 4.74 Å². The zero-order chi connectivity index (χ0) is 14.8. The summed E-state index contributed by atoms with van der Waals surface area (Å²) >= 11 is 0. The molecular formula is C14H25N5O. The molecule has 0 amide bonds. The van der Waals surface area contributed by atoms with E-state index in [0.717, 1.165) is 12.8 Å². The standard InChI is InChI=1S/C14H25N5O/c1-9(2)20-13-18-11(15)17-12(19-13)16-10-5-7-14(3,4)8-6-10/h9-10H,5-8H2,1-4H3,(H3,15,16,17,18,19). The third kappa shape index (κ3) is 4.21. The first-order valence-electron chi connectivity index (χ1n) is 7.29. The summed E-state index contributed by atoms with van der Waals surface area (Å²) in [6.07, 6.45) is 4.68. The SMILES string of the molecule is CC(C)Oc1nc(N)nc(NC2CCC(C)(C)CC2)n1. The Morgan fingerprint density at radius 1 is 1.20 bits per heavy atom. The van der Waals surface area contributed by atoms with E-state index in [2.05, 4.69) is 34.1 Å². The summed E-state index contributed by atoms with van der Waals surface area (Å²) in [7, 11) is 0. The Bertz CT molecular complexity index is 451. The molecule has 112 valence electrons. The van der Waals surface area contributed by atoms with Crippen molar-refractivity contribution in [1.29, 1.82) is 0 Å². The molecule has 3 N–H and O–H groups in total. The lowest BCUT2D eigenvalue weighted by molar-refractivity contribution is 0.221. The Morgan fingerprint density at radius 3 is 2.45 bits per heavy atom. The van der Waals surface area contributed by atoms with E-state index in [1.54, 1.807) is 0 Å². The van der Waals surface area contributed by atoms with E-state index in [0.29, 0.717) is 17.4 Å². The van der Waals surface area contributed by atoms with Crippen LogP contribution in [0.5, 0.6) is 6.01 Å². The number of hydrogen-bond acceptors (Lipinski definition) is 6. The number of rotatable bonds is 4. The molecule has 0 aliphatic heterocycles. The van der Waals surface area contributed by atoms with E-state index in [1.807, 2.05) is 13.8 Å². The number of nitrogens with zero attached hydrogens (tertiary/aromatic N) is 3. The van der Waals surface area contributed by atoms with E-state index in [9.17, 15) is 0 Å². The van der Waals surface area contributed by atoms with Gasteiger partial charge in [0, 0.05) is 6.04 Å². The first-order chi connectivity index (χ1) is 9.34. The monoisotopic (exact) mass is 279 g/mol. The van der Waals surface area contributed by atoms with Crippen molar-refractivity contribution in [2.75, 3.05) is 11.1 Å². The van der Waals surface area contributed by atoms with Crippen LogP contribution in [0, 0.1) is 5.41 Å². The Balaban J connectivity index is 2.00. The summed E-state index contributed by atoms with van der Waals surface area (Å²) < 4.78 is 5.48. The average Bonchev–Trinajstić information content (AvgIpc) is 2.30. The molecular weight excluding hydrogens is 254 g/mol. The van der Waals surface area contributed by atoms with Crippen LogP contribution in [0.25, 0.3) is 0 Å². The fraction of sp³-hybridized carbons (Fsp3) is 0.786. The summed E-state index contributed by atoms with van der Waals surface area (Å²) in [6, 6.07) is 0.683. The van der Waals surface area contributed by atoms with Gasteiger partial charge in [-0.2, -0.15) is 15.0 Å². The molecule has 0 saturated heterocycles. The lowest BCUT2D eigenvalue weighted by Crippen LogP contribution is -2.30. The van der Waals surface area contributed by atoms with Gasteiger partial charge < -0.3 is 15.8 Å². The Kier molecular flexibility index (Phi) is 4.30. The number of hydrogen-bond donors (Lipinski definition) is 2. The molecule has 6 nitrogen and oxygen atoms in total. The molecule has 1 aromatic heterocycles. The van der Waals surface area contributed by atoms with Crippen molar-refractivity contribution in [3.8, 4) is 6.01 Å². The van der Waals surface area contributed by atoms with E-state index in [1.165, 1.54) is 12.8 Å². The van der Waals surface area contributed by atoms with Gasteiger partial charge in [0.1, 0.15) is 0 Å². The number of nitrogen functional groups attached to an aromatic ring is 1. The lowest BCUT2D eigenvalue weighted by Gasteiger charge is -2.34. The second kappa shape index (κ2) is 5.81. The van der Waals surface area contributed by atoms with Crippen LogP contribution in [0.15, 0.2) is 0 Å². The average molecular weight is 279 g/mol. The molecule has 0 unspecified atom stereocenters. The largest absolute Gasteiger partial charge is 0.461 e. The maximum atomic E-state index is 5.70. The van der Waals surface area contributed by atoms with Gasteiger partial charge in [-0.15, -0.1) is 0 Å². The van der Waals surface area contributed by atoms with E-state index in [4.69, 9.17) is 10.5 Å². The van der Waals surface area contributed by atoms with Crippen LogP contribution in [0.2, 0.25) is 0 Å². The Hall–Kier alpha value is -1.59. The van der Waals surface area contributed by atoms with Gasteiger partial charge >= 0.3 is 6.01 Å². The highest BCUT2D eigenvalue weighted by Crippen LogP contribution is 2.35. The highest BCUT2D eigenvalue weighted by atomic mass is 16.5. The van der Waals surface area contributed by atoms with E-state index in [-0.39, 0.29) is 18.1 Å². The van der Waals surface area contributed by atoms with Gasteiger partial charge in [0.25, 0.3) is 0 Å². The molecule has 2 rings (SSSR count). The smallest absolute Gasteiger partial charge is 0.323 e. The molecule has 1 aromatic rings. The highest BCUT2D eigenvalue weighted by molar-refractivity contribution is 5.33. The molecule has 1 heterocycles. The van der Waals surface area contributed by atoms with Crippen LogP contribution < -0.4 is 15.8 Å². The van der Waals surface area contributed by atoms with Crippen LogP contribution in [0.1, 0.15) is 53.4 Å². The van der Waals surface area contributed by atoms with E-state index >= 15 is 0 Å². The fourth-order valence-electron chi connectivity index (χ4n) is 2.43. The number of nitrogens with two attached hydrogens (primary N) is 1. The van der Waals surface area contributed by atoms with Crippen molar-refractivity contribution in [3.05, 3.63) is 0 Å². The number of nitrogens with one attached hydrogen (secondary N) is 1. The van der Waals surface area contributed by atoms with Crippen LogP contribution in [0.3, 0.4) is 0 Å². The molecule has 0 spiro atoms. The van der Waals surface area contributed by atoms with Crippen molar-refractivity contribution in [2.45, 2.75) is 65.5 Å². The first kappa shape index (κ1) is 14.8. The summed E-state index contributed by atoms with van der Waals surface area (Å²) in [5, 5.41) is 3.35. The van der Waals surface area contributed by atoms with Gasteiger partial charge in [0.2, 0.25) is 11.9 Å². The summed E-state index contributed by atoms with van der Waals surface area (Å²) in [4.78, 5) is 12.4. The van der Waals surface area contributed by atoms with Crippen LogP contribution in [-0.4, -0.2) is 27.1 Å². The predicted octanol–water partition coefficient (Wildman–Crippen LogP) is 2.62. The molecule has 20 heavy (non-hydrogen) atoms. The van der Waals surface area contributed by atoms with Crippen LogP contribution >= 0.6 is 0 Å². The molecule has 0 aromatic carbocycles. The first-order valence-corrected chi connectivity index (χ1v) is 7.29. The fourth-order valence-corrected chi connectivity index (χ4v) is 2.43. The number of aromatic nitrogens is 3. The Morgan fingerprint density at radius 2 is 1.85 bits per heavy atom. The van der Waals surface area contributed by atoms with Crippen LogP contribution in [0.4, 0.5) is 11.9 Å². The van der Waals surface area contributed by atoms with Crippen molar-refractivity contribution in [3.63, 3.8) is 0 Å². The topological polar surface area (TPSA) is 86.0 Å². The summed E-state index contributed by atoms with van der Waals surface area (Å²) in [5.41, 5.74) is 6.15. The molecule has 0 bridgehead atoms. The molecule has 1 aliphatic carbocycles. The third-order valence-electron chi connectivity index (χ3n) is 3.65. The van der Waals surface area contributed by atoms with Gasteiger partial charge in [-0.3, -0.25) is 0 Å². The minimum absolute atomic E-state index is 0.0140. The van der Waals surface area contributed by atoms with Crippen molar-refractivity contribution in [1.82, 2.24) is 15.0 Å². The van der Waals surface area contributed by atoms with Gasteiger partial charge in [-0.1, -0.05) is 13.8 Å². The predicted molar refractivity (Wildman–Crippen MR) is 79.7 cm³/mol. The molecule has 6 heteroatoms. The highest BCUT2D eigenvalue weighted by Gasteiger charge is 2.27. The second-order valence-corrected chi connectivity index (χ2v) is 6.55. The minimum atomic E-state index is 0.0140. The normalized spacial score (nSPS) is 19.1. The van der Waals surface area contributed by atoms with Crippen molar-refractivity contribution >= 4 is 11.9 Å². The molecule has 1 saturated carbocycles. The van der Waals surface area contributed by atoms with Gasteiger partial charge in [0.05, 0.1) is 6.10 Å². The quantitative estimate of drug-likeness (QED) is 0.881. The van der Waals surface area contributed by atoms with Gasteiger partial charge in [0.15, 0.2) is 0 Å². The minimum Gasteiger partial charge on any atom is -0.461 e. The van der Waals surface area contributed by atoms with Gasteiger partial charge in [-0.05, 0) is 44.9 Å². The molecule has 1 fully saturated rings. The second-order valence-electron chi connectivity index (χ2n) is 6.55.